The molecule has 0 aliphatic carbocycles. The van der Waals surface area contributed by atoms with Crippen molar-refractivity contribution in [3.05, 3.63) is 23.8 Å². The summed E-state index contributed by atoms with van der Waals surface area (Å²) in [5.41, 5.74) is 1.09. The van der Waals surface area contributed by atoms with Gasteiger partial charge in [0.1, 0.15) is 5.75 Å². The molecule has 0 spiro atoms. The zero-order valence-corrected chi connectivity index (χ0v) is 15.7. The van der Waals surface area contributed by atoms with Crippen LogP contribution in [-0.2, 0) is 6.54 Å². The molecule has 5 heteroatoms. The molecule has 2 rings (SSSR count). The van der Waals surface area contributed by atoms with Gasteiger partial charge < -0.3 is 14.5 Å². The van der Waals surface area contributed by atoms with Crippen molar-refractivity contribution >= 4 is 17.8 Å². The number of thioether (sulfide) groups is 1. The van der Waals surface area contributed by atoms with Crippen LogP contribution in [0.15, 0.2) is 23.1 Å². The van der Waals surface area contributed by atoms with Crippen molar-refractivity contribution in [1.82, 2.24) is 9.80 Å². The Hall–Kier alpha value is -1.36. The van der Waals surface area contributed by atoms with Crippen molar-refractivity contribution in [2.75, 3.05) is 20.4 Å². The molecule has 1 aromatic rings. The topological polar surface area (TPSA) is 32.8 Å². The molecule has 1 aliphatic heterocycles. The minimum absolute atomic E-state index is 0.123. The molecule has 0 bridgehead atoms. The molecule has 0 N–H and O–H groups in total. The van der Waals surface area contributed by atoms with Crippen molar-refractivity contribution in [3.63, 3.8) is 0 Å². The quantitative estimate of drug-likeness (QED) is 0.771. The van der Waals surface area contributed by atoms with E-state index < -0.39 is 0 Å². The SMILES string of the molecule is COc1cc(CN(C)C(=O)N2[C@@H](C)CCC[C@@H]2C)ccc1SC. The van der Waals surface area contributed by atoms with Crippen molar-refractivity contribution in [2.24, 2.45) is 0 Å². The Morgan fingerprint density at radius 3 is 2.57 bits per heavy atom. The number of piperidine rings is 1. The summed E-state index contributed by atoms with van der Waals surface area (Å²) in [6.45, 7) is 4.90. The van der Waals surface area contributed by atoms with Crippen molar-refractivity contribution in [3.8, 4) is 5.75 Å². The predicted molar refractivity (Wildman–Crippen MR) is 96.3 cm³/mol. The summed E-state index contributed by atoms with van der Waals surface area (Å²) in [4.78, 5) is 17.8. The van der Waals surface area contributed by atoms with Crippen LogP contribution in [0.25, 0.3) is 0 Å². The summed E-state index contributed by atoms with van der Waals surface area (Å²) in [6, 6.07) is 6.92. The molecule has 1 aliphatic rings. The molecule has 1 heterocycles. The van der Waals surface area contributed by atoms with Gasteiger partial charge in [0.15, 0.2) is 0 Å². The first-order valence-electron chi connectivity index (χ1n) is 8.22. The molecule has 4 nitrogen and oxygen atoms in total. The zero-order valence-electron chi connectivity index (χ0n) is 14.8. The molecule has 2 amide bonds. The van der Waals surface area contributed by atoms with Crippen LogP contribution in [-0.4, -0.2) is 48.3 Å². The number of benzene rings is 1. The minimum atomic E-state index is 0.123. The number of rotatable bonds is 4. The lowest BCUT2D eigenvalue weighted by atomic mass is 9.98. The zero-order chi connectivity index (χ0) is 17.0. The minimum Gasteiger partial charge on any atom is -0.496 e. The number of hydrogen-bond acceptors (Lipinski definition) is 3. The highest BCUT2D eigenvalue weighted by Crippen LogP contribution is 2.29. The Morgan fingerprint density at radius 1 is 1.35 bits per heavy atom. The predicted octanol–water partition coefficient (Wildman–Crippen LogP) is 4.23. The number of nitrogens with zero attached hydrogens (tertiary/aromatic N) is 2. The van der Waals surface area contributed by atoms with Gasteiger partial charge in [0.2, 0.25) is 0 Å². The van der Waals surface area contributed by atoms with Crippen LogP contribution in [0.5, 0.6) is 5.75 Å². The van der Waals surface area contributed by atoms with E-state index in [9.17, 15) is 4.79 Å². The molecule has 1 aromatic carbocycles. The second-order valence-electron chi connectivity index (χ2n) is 6.36. The third-order valence-corrected chi connectivity index (χ3v) is 5.39. The number of hydrogen-bond donors (Lipinski definition) is 0. The Bertz CT molecular complexity index is 540. The van der Waals surface area contributed by atoms with Crippen molar-refractivity contribution in [2.45, 2.75) is 56.6 Å². The van der Waals surface area contributed by atoms with E-state index in [2.05, 4.69) is 26.0 Å². The van der Waals surface area contributed by atoms with Crippen LogP contribution in [0.3, 0.4) is 0 Å². The Labute approximate surface area is 144 Å². The highest BCUT2D eigenvalue weighted by molar-refractivity contribution is 7.98. The maximum atomic E-state index is 12.8. The second-order valence-corrected chi connectivity index (χ2v) is 7.21. The average Bonchev–Trinajstić information content (AvgIpc) is 2.54. The molecule has 0 unspecified atom stereocenters. The maximum Gasteiger partial charge on any atom is 0.320 e. The van der Waals surface area contributed by atoms with E-state index in [4.69, 9.17) is 4.74 Å². The van der Waals surface area contributed by atoms with E-state index >= 15 is 0 Å². The van der Waals surface area contributed by atoms with E-state index in [1.165, 1.54) is 6.42 Å². The van der Waals surface area contributed by atoms with E-state index in [-0.39, 0.29) is 6.03 Å². The third-order valence-electron chi connectivity index (χ3n) is 4.61. The summed E-state index contributed by atoms with van der Waals surface area (Å²) in [5.74, 6) is 0.871. The Morgan fingerprint density at radius 2 is 2.00 bits per heavy atom. The summed E-state index contributed by atoms with van der Waals surface area (Å²) < 4.78 is 5.43. The molecule has 0 aromatic heterocycles. The molecule has 1 fully saturated rings. The standard InChI is InChI=1S/C18H28N2O2S/c1-13-7-6-8-14(2)20(13)18(21)19(3)12-15-9-10-17(23-5)16(11-15)22-4/h9-11,13-14H,6-8,12H2,1-5H3/t13-,14-/m0/s1. The maximum absolute atomic E-state index is 12.8. The fraction of sp³-hybridized carbons (Fsp3) is 0.611. The van der Waals surface area contributed by atoms with E-state index in [0.29, 0.717) is 18.6 Å². The fourth-order valence-electron chi connectivity index (χ4n) is 3.32. The Kier molecular flexibility index (Phi) is 6.22. The number of ether oxygens (including phenoxy) is 1. The summed E-state index contributed by atoms with van der Waals surface area (Å²) in [7, 11) is 3.57. The van der Waals surface area contributed by atoms with Gasteiger partial charge in [-0.05, 0) is 57.1 Å². The molecule has 0 radical (unpaired) electrons. The van der Waals surface area contributed by atoms with Crippen LogP contribution in [0.1, 0.15) is 38.7 Å². The van der Waals surface area contributed by atoms with Crippen LogP contribution < -0.4 is 4.74 Å². The van der Waals surface area contributed by atoms with Crippen molar-refractivity contribution < 1.29 is 9.53 Å². The Balaban J connectivity index is 2.08. The van der Waals surface area contributed by atoms with E-state index in [1.54, 1.807) is 18.9 Å². The first kappa shape index (κ1) is 18.0. The van der Waals surface area contributed by atoms with Crippen LogP contribution >= 0.6 is 11.8 Å². The molecule has 1 saturated heterocycles. The van der Waals surface area contributed by atoms with Gasteiger partial charge in [0.25, 0.3) is 0 Å². The lowest BCUT2D eigenvalue weighted by molar-refractivity contribution is 0.0968. The van der Waals surface area contributed by atoms with Gasteiger partial charge >= 0.3 is 6.03 Å². The number of methoxy groups -OCH3 is 1. The number of likely N-dealkylation sites (tertiary alicyclic amines) is 1. The van der Waals surface area contributed by atoms with Crippen LogP contribution in [0.2, 0.25) is 0 Å². The molecular formula is C18H28N2O2S. The van der Waals surface area contributed by atoms with Gasteiger partial charge in [-0.2, -0.15) is 0 Å². The summed E-state index contributed by atoms with van der Waals surface area (Å²) in [5, 5.41) is 0. The number of carbonyl (C=O) groups is 1. The van der Waals surface area contributed by atoms with Crippen LogP contribution in [0.4, 0.5) is 4.79 Å². The highest BCUT2D eigenvalue weighted by Gasteiger charge is 2.30. The summed E-state index contributed by atoms with van der Waals surface area (Å²) in [6.07, 6.45) is 5.44. The van der Waals surface area contributed by atoms with Gasteiger partial charge in [0, 0.05) is 30.6 Å². The van der Waals surface area contributed by atoms with E-state index in [1.807, 2.05) is 29.2 Å². The van der Waals surface area contributed by atoms with Gasteiger partial charge in [-0.15, -0.1) is 11.8 Å². The lowest BCUT2D eigenvalue weighted by Gasteiger charge is -2.41. The second kappa shape index (κ2) is 7.95. The highest BCUT2D eigenvalue weighted by atomic mass is 32.2. The molecule has 2 atom stereocenters. The van der Waals surface area contributed by atoms with E-state index in [0.717, 1.165) is 29.1 Å². The smallest absolute Gasteiger partial charge is 0.320 e. The first-order valence-corrected chi connectivity index (χ1v) is 9.44. The normalized spacial score (nSPS) is 21.2. The summed E-state index contributed by atoms with van der Waals surface area (Å²) >= 11 is 1.66. The first-order chi connectivity index (χ1) is 11.0. The lowest BCUT2D eigenvalue weighted by Crippen LogP contribution is -2.52. The van der Waals surface area contributed by atoms with Gasteiger partial charge in [0.05, 0.1) is 7.11 Å². The van der Waals surface area contributed by atoms with Crippen LogP contribution in [0, 0.1) is 0 Å². The van der Waals surface area contributed by atoms with Crippen molar-refractivity contribution in [1.29, 1.82) is 0 Å². The van der Waals surface area contributed by atoms with Gasteiger partial charge in [-0.25, -0.2) is 4.79 Å². The molecule has 0 saturated carbocycles. The monoisotopic (exact) mass is 336 g/mol. The van der Waals surface area contributed by atoms with Gasteiger partial charge in [-0.1, -0.05) is 6.07 Å². The number of urea groups is 1. The fourth-order valence-corrected chi connectivity index (χ4v) is 3.86. The average molecular weight is 337 g/mol. The molecular weight excluding hydrogens is 308 g/mol. The van der Waals surface area contributed by atoms with Gasteiger partial charge in [-0.3, -0.25) is 0 Å². The third kappa shape index (κ3) is 4.14. The largest absolute Gasteiger partial charge is 0.496 e. The molecule has 23 heavy (non-hydrogen) atoms. The molecule has 128 valence electrons. The number of carbonyl (C=O) groups excluding carboxylic acids is 1. The number of amides is 2.